The molecule has 1 heterocycles. The Balaban J connectivity index is 2.24. The van der Waals surface area contributed by atoms with Crippen molar-refractivity contribution in [2.45, 2.75) is 38.1 Å². The molecule has 1 saturated heterocycles. The van der Waals surface area contributed by atoms with E-state index in [-0.39, 0.29) is 0 Å². The third kappa shape index (κ3) is 3.81. The summed E-state index contributed by atoms with van der Waals surface area (Å²) in [5.41, 5.74) is 0. The van der Waals surface area contributed by atoms with Crippen molar-refractivity contribution in [1.82, 2.24) is 5.32 Å². The van der Waals surface area contributed by atoms with Crippen LogP contribution in [-0.2, 0) is 4.74 Å². The molecule has 0 radical (unpaired) electrons. The van der Waals surface area contributed by atoms with Gasteiger partial charge in [-0.3, -0.25) is 0 Å². The van der Waals surface area contributed by atoms with Crippen molar-refractivity contribution < 1.29 is 4.74 Å². The Bertz CT molecular complexity index is 152. The minimum absolute atomic E-state index is 0.634. The zero-order chi connectivity index (χ0) is 10.2. The number of ether oxygens (including phenoxy) is 1. The van der Waals surface area contributed by atoms with Crippen LogP contribution in [0.1, 0.15) is 32.1 Å². The van der Waals surface area contributed by atoms with Gasteiger partial charge < -0.3 is 10.1 Å². The van der Waals surface area contributed by atoms with Crippen LogP contribution in [-0.4, -0.2) is 26.3 Å². The van der Waals surface area contributed by atoms with Crippen LogP contribution in [0.2, 0.25) is 0 Å². The van der Waals surface area contributed by atoms with Crippen LogP contribution in [0.25, 0.3) is 0 Å². The van der Waals surface area contributed by atoms with E-state index in [1.807, 2.05) is 6.08 Å². The van der Waals surface area contributed by atoms with Crippen LogP contribution < -0.4 is 5.32 Å². The van der Waals surface area contributed by atoms with Gasteiger partial charge in [0, 0.05) is 12.6 Å². The minimum Gasteiger partial charge on any atom is -0.381 e. The number of allylic oxidation sites excluding steroid dienone is 1. The van der Waals surface area contributed by atoms with Gasteiger partial charge in [-0.15, -0.1) is 6.58 Å². The van der Waals surface area contributed by atoms with Gasteiger partial charge in [0.25, 0.3) is 0 Å². The van der Waals surface area contributed by atoms with E-state index in [9.17, 15) is 0 Å². The van der Waals surface area contributed by atoms with Crippen molar-refractivity contribution in [3.8, 4) is 0 Å². The van der Waals surface area contributed by atoms with E-state index >= 15 is 0 Å². The Morgan fingerprint density at radius 1 is 1.64 bits per heavy atom. The van der Waals surface area contributed by atoms with Crippen LogP contribution in [0.3, 0.4) is 0 Å². The molecule has 0 spiro atoms. The molecule has 0 aromatic rings. The number of hydrogen-bond acceptors (Lipinski definition) is 2. The second-order valence-corrected chi connectivity index (χ2v) is 4.09. The number of rotatable bonds is 6. The second kappa shape index (κ2) is 7.02. The topological polar surface area (TPSA) is 21.3 Å². The molecule has 0 aliphatic carbocycles. The first-order valence-electron chi connectivity index (χ1n) is 5.74. The van der Waals surface area contributed by atoms with Crippen LogP contribution in [0, 0.1) is 5.92 Å². The summed E-state index contributed by atoms with van der Waals surface area (Å²) in [4.78, 5) is 0. The maximum absolute atomic E-state index is 5.51. The van der Waals surface area contributed by atoms with Gasteiger partial charge in [-0.2, -0.15) is 0 Å². The number of unbranched alkanes of at least 4 members (excludes halogenated alkanes) is 1. The van der Waals surface area contributed by atoms with Crippen molar-refractivity contribution in [1.29, 1.82) is 0 Å². The highest BCUT2D eigenvalue weighted by Crippen LogP contribution is 2.20. The molecule has 14 heavy (non-hydrogen) atoms. The van der Waals surface area contributed by atoms with Crippen LogP contribution in [0.15, 0.2) is 12.7 Å². The van der Waals surface area contributed by atoms with Gasteiger partial charge in [-0.25, -0.2) is 0 Å². The summed E-state index contributed by atoms with van der Waals surface area (Å²) in [6, 6.07) is 0.634. The molecule has 0 amide bonds. The van der Waals surface area contributed by atoms with Crippen molar-refractivity contribution in [2.75, 3.05) is 20.3 Å². The third-order valence-corrected chi connectivity index (χ3v) is 3.06. The van der Waals surface area contributed by atoms with Crippen LogP contribution in [0.4, 0.5) is 0 Å². The zero-order valence-corrected chi connectivity index (χ0v) is 9.30. The molecule has 2 heteroatoms. The van der Waals surface area contributed by atoms with E-state index in [0.29, 0.717) is 6.04 Å². The molecule has 82 valence electrons. The largest absolute Gasteiger partial charge is 0.381 e. The average Bonchev–Trinajstić information content (AvgIpc) is 2.26. The van der Waals surface area contributed by atoms with Gasteiger partial charge in [-0.1, -0.05) is 6.08 Å². The summed E-state index contributed by atoms with van der Waals surface area (Å²) in [5.74, 6) is 0.721. The first-order chi connectivity index (χ1) is 6.88. The highest BCUT2D eigenvalue weighted by molar-refractivity contribution is 4.78. The Morgan fingerprint density at radius 2 is 2.50 bits per heavy atom. The molecule has 2 nitrogen and oxygen atoms in total. The van der Waals surface area contributed by atoms with E-state index in [0.717, 1.165) is 25.6 Å². The van der Waals surface area contributed by atoms with Crippen molar-refractivity contribution >= 4 is 0 Å². The van der Waals surface area contributed by atoms with Gasteiger partial charge in [0.05, 0.1) is 6.61 Å². The van der Waals surface area contributed by atoms with Gasteiger partial charge >= 0.3 is 0 Å². The Labute approximate surface area is 87.7 Å². The van der Waals surface area contributed by atoms with Crippen LogP contribution in [0.5, 0.6) is 0 Å². The standard InChI is InChI=1S/C12H23NO/c1-3-4-5-8-12(13-2)11-7-6-9-14-10-11/h3,11-13H,1,4-10H2,2H3. The summed E-state index contributed by atoms with van der Waals surface area (Å²) in [6.07, 6.45) is 8.17. The minimum atomic E-state index is 0.634. The molecule has 1 fully saturated rings. The maximum Gasteiger partial charge on any atom is 0.0509 e. The Morgan fingerprint density at radius 3 is 3.07 bits per heavy atom. The SMILES string of the molecule is C=CCCCC(NC)C1CCCOC1. The fraction of sp³-hybridized carbons (Fsp3) is 0.833. The quantitative estimate of drug-likeness (QED) is 0.521. The van der Waals surface area contributed by atoms with E-state index < -0.39 is 0 Å². The maximum atomic E-state index is 5.51. The molecule has 1 aliphatic rings. The first kappa shape index (κ1) is 11.7. The Hall–Kier alpha value is -0.340. The van der Waals surface area contributed by atoms with Gasteiger partial charge in [0.2, 0.25) is 0 Å². The molecule has 2 atom stereocenters. The predicted octanol–water partition coefficient (Wildman–Crippen LogP) is 2.36. The molecule has 1 rings (SSSR count). The monoisotopic (exact) mass is 197 g/mol. The molecule has 0 saturated carbocycles. The summed E-state index contributed by atoms with van der Waals surface area (Å²) < 4.78 is 5.51. The Kier molecular flexibility index (Phi) is 5.88. The number of nitrogens with one attached hydrogen (secondary N) is 1. The van der Waals surface area contributed by atoms with Gasteiger partial charge in [0.1, 0.15) is 0 Å². The third-order valence-electron chi connectivity index (χ3n) is 3.06. The fourth-order valence-corrected chi connectivity index (χ4v) is 2.18. The van der Waals surface area contributed by atoms with E-state index in [1.54, 1.807) is 0 Å². The van der Waals surface area contributed by atoms with Crippen molar-refractivity contribution in [3.63, 3.8) is 0 Å². The normalized spacial score (nSPS) is 24.5. The van der Waals surface area contributed by atoms with E-state index in [1.165, 1.54) is 25.7 Å². The summed E-state index contributed by atoms with van der Waals surface area (Å²) >= 11 is 0. The lowest BCUT2D eigenvalue weighted by molar-refractivity contribution is 0.0389. The van der Waals surface area contributed by atoms with Crippen molar-refractivity contribution in [3.05, 3.63) is 12.7 Å². The molecule has 2 unspecified atom stereocenters. The smallest absolute Gasteiger partial charge is 0.0509 e. The fourth-order valence-electron chi connectivity index (χ4n) is 2.18. The average molecular weight is 197 g/mol. The van der Waals surface area contributed by atoms with E-state index in [4.69, 9.17) is 4.74 Å². The highest BCUT2D eigenvalue weighted by Gasteiger charge is 2.22. The second-order valence-electron chi connectivity index (χ2n) is 4.09. The highest BCUT2D eigenvalue weighted by atomic mass is 16.5. The van der Waals surface area contributed by atoms with Crippen molar-refractivity contribution in [2.24, 2.45) is 5.92 Å². The van der Waals surface area contributed by atoms with Gasteiger partial charge in [0.15, 0.2) is 0 Å². The zero-order valence-electron chi connectivity index (χ0n) is 9.30. The molecule has 0 aromatic heterocycles. The molecule has 0 bridgehead atoms. The van der Waals surface area contributed by atoms with Crippen LogP contribution >= 0.6 is 0 Å². The lowest BCUT2D eigenvalue weighted by Crippen LogP contribution is -2.38. The summed E-state index contributed by atoms with van der Waals surface area (Å²) in [7, 11) is 2.06. The summed E-state index contributed by atoms with van der Waals surface area (Å²) in [5, 5.41) is 3.42. The van der Waals surface area contributed by atoms with E-state index in [2.05, 4.69) is 18.9 Å². The number of hydrogen-bond donors (Lipinski definition) is 1. The molecular weight excluding hydrogens is 174 g/mol. The molecule has 1 aliphatic heterocycles. The molecular formula is C12H23NO. The summed E-state index contributed by atoms with van der Waals surface area (Å²) in [6.45, 7) is 5.65. The first-order valence-corrected chi connectivity index (χ1v) is 5.74. The molecule has 1 N–H and O–H groups in total. The lowest BCUT2D eigenvalue weighted by Gasteiger charge is -2.30. The lowest BCUT2D eigenvalue weighted by atomic mass is 9.90. The molecule has 0 aromatic carbocycles. The predicted molar refractivity (Wildman–Crippen MR) is 60.4 cm³/mol. The van der Waals surface area contributed by atoms with Gasteiger partial charge in [-0.05, 0) is 45.1 Å².